The van der Waals surface area contributed by atoms with Gasteiger partial charge in [0.05, 0.1) is 12.8 Å². The molecule has 1 aromatic heterocycles. The molecular weight excluding hydrogens is 378 g/mol. The Labute approximate surface area is 167 Å². The average molecular weight is 401 g/mol. The molecule has 2 N–H and O–H groups in total. The number of nitrogens with one attached hydrogen (secondary N) is 2. The maximum Gasteiger partial charge on any atom is 0.350 e. The molecule has 1 saturated heterocycles. The van der Waals surface area contributed by atoms with E-state index >= 15 is 0 Å². The number of ether oxygens (including phenoxy) is 1. The van der Waals surface area contributed by atoms with Crippen LogP contribution in [0, 0.1) is 5.92 Å². The molecule has 2 heterocycles. The van der Waals surface area contributed by atoms with E-state index in [2.05, 4.69) is 10.6 Å². The minimum Gasteiger partial charge on any atom is -0.465 e. The van der Waals surface area contributed by atoms with E-state index in [9.17, 15) is 14.4 Å². The van der Waals surface area contributed by atoms with Gasteiger partial charge in [-0.15, -0.1) is 11.3 Å². The van der Waals surface area contributed by atoms with Crippen LogP contribution in [0.3, 0.4) is 0 Å². The summed E-state index contributed by atoms with van der Waals surface area (Å²) in [5.41, 5.74) is 1.51. The first-order valence-electron chi connectivity index (χ1n) is 9.12. The molecule has 0 spiro atoms. The molecule has 1 fully saturated rings. The fourth-order valence-electron chi connectivity index (χ4n) is 3.13. The summed E-state index contributed by atoms with van der Waals surface area (Å²) in [7, 11) is 1.31. The lowest BCUT2D eigenvalue weighted by Gasteiger charge is -2.31. The molecule has 0 unspecified atom stereocenters. The quantitative estimate of drug-likeness (QED) is 0.754. The normalized spacial score (nSPS) is 14.4. The van der Waals surface area contributed by atoms with Crippen LogP contribution in [0.1, 0.15) is 28.1 Å². The molecule has 0 saturated carbocycles. The molecule has 1 aromatic carbocycles. The molecule has 2 aromatic rings. The van der Waals surface area contributed by atoms with Crippen molar-refractivity contribution < 1.29 is 19.1 Å². The summed E-state index contributed by atoms with van der Waals surface area (Å²) in [5, 5.41) is 7.46. The van der Waals surface area contributed by atoms with Crippen LogP contribution in [-0.4, -0.2) is 43.0 Å². The second-order valence-corrected chi connectivity index (χ2v) is 7.47. The van der Waals surface area contributed by atoms with Gasteiger partial charge in [-0.1, -0.05) is 30.3 Å². The molecule has 0 bridgehead atoms. The van der Waals surface area contributed by atoms with Crippen LogP contribution in [0.4, 0.5) is 10.5 Å². The summed E-state index contributed by atoms with van der Waals surface area (Å²) in [6.45, 7) is 1.49. The number of carbonyl (C=O) groups excluding carboxylic acids is 3. The Morgan fingerprint density at radius 1 is 1.14 bits per heavy atom. The summed E-state index contributed by atoms with van der Waals surface area (Å²) in [4.78, 5) is 38.6. The molecule has 148 valence electrons. The van der Waals surface area contributed by atoms with Gasteiger partial charge in [0, 0.05) is 25.6 Å². The molecule has 3 amide bonds. The van der Waals surface area contributed by atoms with Crippen molar-refractivity contribution in [2.75, 3.05) is 25.5 Å². The minimum atomic E-state index is -0.473. The predicted molar refractivity (Wildman–Crippen MR) is 107 cm³/mol. The number of thiophene rings is 1. The van der Waals surface area contributed by atoms with E-state index in [1.54, 1.807) is 16.3 Å². The van der Waals surface area contributed by atoms with E-state index in [0.29, 0.717) is 43.0 Å². The Bertz CT molecular complexity index is 829. The molecule has 0 radical (unpaired) electrons. The van der Waals surface area contributed by atoms with Crippen LogP contribution >= 0.6 is 11.3 Å². The lowest BCUT2D eigenvalue weighted by molar-refractivity contribution is -0.126. The molecular formula is C20H23N3O4S. The van der Waals surface area contributed by atoms with E-state index in [4.69, 9.17) is 4.74 Å². The van der Waals surface area contributed by atoms with Crippen LogP contribution in [-0.2, 0) is 16.1 Å². The first-order chi connectivity index (χ1) is 13.6. The number of methoxy groups -OCH3 is 1. The van der Waals surface area contributed by atoms with E-state index in [-0.39, 0.29) is 17.9 Å². The van der Waals surface area contributed by atoms with Crippen LogP contribution in [0.2, 0.25) is 0 Å². The fraction of sp³-hybridized carbons (Fsp3) is 0.350. The zero-order valence-electron chi connectivity index (χ0n) is 15.6. The third-order valence-corrected chi connectivity index (χ3v) is 5.63. The summed E-state index contributed by atoms with van der Waals surface area (Å²) < 4.78 is 4.72. The summed E-state index contributed by atoms with van der Waals surface area (Å²) in [6, 6.07) is 11.2. The summed E-state index contributed by atoms with van der Waals surface area (Å²) >= 11 is 1.22. The standard InChI is InChI=1S/C20H23N3O4S/c1-27-19(25)17-16(9-12-28-17)22-20(26)23-10-7-15(8-11-23)18(24)21-13-14-5-3-2-4-6-14/h2-6,9,12,15H,7-8,10-11,13H2,1H3,(H,21,24)(H,22,26). The van der Waals surface area contributed by atoms with Gasteiger partial charge in [-0.25, -0.2) is 9.59 Å². The van der Waals surface area contributed by atoms with Gasteiger partial charge >= 0.3 is 12.0 Å². The third kappa shape index (κ3) is 4.89. The van der Waals surface area contributed by atoms with Crippen LogP contribution in [0.15, 0.2) is 41.8 Å². The smallest absolute Gasteiger partial charge is 0.350 e. The number of anilines is 1. The summed E-state index contributed by atoms with van der Waals surface area (Å²) in [6.07, 6.45) is 1.23. The van der Waals surface area contributed by atoms with Crippen molar-refractivity contribution in [3.05, 3.63) is 52.2 Å². The average Bonchev–Trinajstić information content (AvgIpc) is 3.20. The Balaban J connectivity index is 1.47. The number of nitrogens with zero attached hydrogens (tertiary/aromatic N) is 1. The topological polar surface area (TPSA) is 87.7 Å². The molecule has 3 rings (SSSR count). The Kier molecular flexibility index (Phi) is 6.65. The second kappa shape index (κ2) is 9.36. The van der Waals surface area contributed by atoms with Crippen molar-refractivity contribution >= 4 is 34.9 Å². The van der Waals surface area contributed by atoms with Gasteiger partial charge in [-0.3, -0.25) is 4.79 Å². The lowest BCUT2D eigenvalue weighted by atomic mass is 9.96. The fourth-order valence-corrected chi connectivity index (χ4v) is 3.89. The van der Waals surface area contributed by atoms with Crippen LogP contribution in [0.25, 0.3) is 0 Å². The Morgan fingerprint density at radius 2 is 1.86 bits per heavy atom. The first-order valence-corrected chi connectivity index (χ1v) is 10.00. The zero-order valence-corrected chi connectivity index (χ0v) is 16.5. The molecule has 8 heteroatoms. The monoisotopic (exact) mass is 401 g/mol. The van der Waals surface area contributed by atoms with Gasteiger partial charge in [0.15, 0.2) is 0 Å². The van der Waals surface area contributed by atoms with Crippen LogP contribution in [0.5, 0.6) is 0 Å². The highest BCUT2D eigenvalue weighted by atomic mass is 32.1. The van der Waals surface area contributed by atoms with Crippen LogP contribution < -0.4 is 10.6 Å². The van der Waals surface area contributed by atoms with Crippen molar-refractivity contribution in [1.82, 2.24) is 10.2 Å². The number of urea groups is 1. The number of piperidine rings is 1. The summed E-state index contributed by atoms with van der Waals surface area (Å²) in [5.74, 6) is -0.548. The van der Waals surface area contributed by atoms with Crippen molar-refractivity contribution in [2.24, 2.45) is 5.92 Å². The van der Waals surface area contributed by atoms with Crippen molar-refractivity contribution in [2.45, 2.75) is 19.4 Å². The van der Waals surface area contributed by atoms with Crippen molar-refractivity contribution in [3.8, 4) is 0 Å². The number of benzene rings is 1. The van der Waals surface area contributed by atoms with Crippen molar-refractivity contribution in [3.63, 3.8) is 0 Å². The number of amides is 3. The maximum absolute atomic E-state index is 12.5. The molecule has 1 aliphatic heterocycles. The molecule has 1 aliphatic rings. The maximum atomic E-state index is 12.5. The Hall–Kier alpha value is -2.87. The molecule has 28 heavy (non-hydrogen) atoms. The molecule has 7 nitrogen and oxygen atoms in total. The van der Waals surface area contributed by atoms with Gasteiger partial charge in [0.1, 0.15) is 4.88 Å². The minimum absolute atomic E-state index is 0.0229. The van der Waals surface area contributed by atoms with E-state index < -0.39 is 5.97 Å². The predicted octanol–water partition coefficient (Wildman–Crippen LogP) is 3.10. The Morgan fingerprint density at radius 3 is 2.54 bits per heavy atom. The first kappa shape index (κ1) is 19.9. The van der Waals surface area contributed by atoms with Gasteiger partial charge in [0.2, 0.25) is 5.91 Å². The number of hydrogen-bond donors (Lipinski definition) is 2. The highest BCUT2D eigenvalue weighted by molar-refractivity contribution is 7.12. The van der Waals surface area contributed by atoms with Crippen molar-refractivity contribution in [1.29, 1.82) is 0 Å². The number of rotatable bonds is 5. The number of hydrogen-bond acceptors (Lipinski definition) is 5. The number of carbonyl (C=O) groups is 3. The lowest BCUT2D eigenvalue weighted by Crippen LogP contribution is -2.44. The molecule has 0 aliphatic carbocycles. The third-order valence-electron chi connectivity index (χ3n) is 4.74. The molecule has 0 atom stereocenters. The van der Waals surface area contributed by atoms with Gasteiger partial charge in [-0.2, -0.15) is 0 Å². The SMILES string of the molecule is COC(=O)c1sccc1NC(=O)N1CCC(C(=O)NCc2ccccc2)CC1. The number of esters is 1. The zero-order chi connectivity index (χ0) is 19.9. The second-order valence-electron chi connectivity index (χ2n) is 6.55. The van der Waals surface area contributed by atoms with Gasteiger partial charge < -0.3 is 20.3 Å². The van der Waals surface area contributed by atoms with E-state index in [1.807, 2.05) is 30.3 Å². The number of likely N-dealkylation sites (tertiary alicyclic amines) is 1. The highest BCUT2D eigenvalue weighted by Gasteiger charge is 2.28. The van der Waals surface area contributed by atoms with Gasteiger partial charge in [-0.05, 0) is 29.9 Å². The van der Waals surface area contributed by atoms with E-state index in [1.165, 1.54) is 18.4 Å². The largest absolute Gasteiger partial charge is 0.465 e. The van der Waals surface area contributed by atoms with Gasteiger partial charge in [0.25, 0.3) is 0 Å². The van der Waals surface area contributed by atoms with E-state index in [0.717, 1.165) is 5.56 Å². The highest BCUT2D eigenvalue weighted by Crippen LogP contribution is 2.24.